The van der Waals surface area contributed by atoms with E-state index in [1.807, 2.05) is 0 Å². The molecular weight excluding hydrogens is 202 g/mol. The first kappa shape index (κ1) is 8.75. The Bertz CT molecular complexity index is 269. The maximum Gasteiger partial charge on any atom is 0.0249 e. The van der Waals surface area contributed by atoms with Crippen molar-refractivity contribution in [2.24, 2.45) is 5.73 Å². The molecule has 0 radical (unpaired) electrons. The van der Waals surface area contributed by atoms with Crippen molar-refractivity contribution in [1.29, 1.82) is 0 Å². The second kappa shape index (κ2) is 3.37. The molecule has 0 atom stereocenters. The predicted octanol–water partition coefficient (Wildman–Crippen LogP) is 2.52. The number of benzene rings is 1. The molecule has 1 rings (SSSR count). The van der Waals surface area contributed by atoms with E-state index < -0.39 is 0 Å². The van der Waals surface area contributed by atoms with Crippen LogP contribution in [0.15, 0.2) is 16.6 Å². The average molecular weight is 214 g/mol. The average Bonchev–Trinajstić information content (AvgIpc) is 1.96. The van der Waals surface area contributed by atoms with E-state index in [1.54, 1.807) is 0 Å². The van der Waals surface area contributed by atoms with E-state index >= 15 is 0 Å². The highest BCUT2D eigenvalue weighted by Gasteiger charge is 2.01. The van der Waals surface area contributed by atoms with Crippen LogP contribution in [-0.4, -0.2) is 0 Å². The Kier molecular flexibility index (Phi) is 2.68. The largest absolute Gasteiger partial charge is 0.326 e. The molecule has 0 saturated heterocycles. The Hall–Kier alpha value is -0.340. The Labute approximate surface area is 75.7 Å². The quantitative estimate of drug-likeness (QED) is 0.763. The molecule has 0 aliphatic carbocycles. The van der Waals surface area contributed by atoms with Gasteiger partial charge in [-0.2, -0.15) is 0 Å². The normalized spacial score (nSPS) is 10.2. The minimum atomic E-state index is 0.600. The second-order valence-corrected chi connectivity index (χ2v) is 3.55. The van der Waals surface area contributed by atoms with Crippen molar-refractivity contribution in [2.75, 3.05) is 0 Å². The van der Waals surface area contributed by atoms with Gasteiger partial charge in [-0.3, -0.25) is 0 Å². The molecule has 11 heavy (non-hydrogen) atoms. The molecule has 0 amide bonds. The van der Waals surface area contributed by atoms with Crippen molar-refractivity contribution in [3.8, 4) is 0 Å². The van der Waals surface area contributed by atoms with Gasteiger partial charge in [-0.25, -0.2) is 0 Å². The van der Waals surface area contributed by atoms with E-state index in [0.29, 0.717) is 6.54 Å². The first-order valence-electron chi connectivity index (χ1n) is 3.61. The number of nitrogens with two attached hydrogens (primary N) is 1. The summed E-state index contributed by atoms with van der Waals surface area (Å²) in [4.78, 5) is 0. The Balaban J connectivity index is 3.24. The molecule has 0 unspecified atom stereocenters. The molecule has 0 aromatic heterocycles. The summed E-state index contributed by atoms with van der Waals surface area (Å²) in [6.45, 7) is 4.76. The van der Waals surface area contributed by atoms with Gasteiger partial charge in [0.1, 0.15) is 0 Å². The summed E-state index contributed by atoms with van der Waals surface area (Å²) in [6, 6.07) is 4.25. The number of halogens is 1. The van der Waals surface area contributed by atoms with Crippen molar-refractivity contribution in [2.45, 2.75) is 20.4 Å². The first-order valence-corrected chi connectivity index (χ1v) is 4.40. The molecule has 60 valence electrons. The lowest BCUT2D eigenvalue weighted by atomic mass is 10.1. The molecule has 0 bridgehead atoms. The molecule has 1 aromatic rings. The Morgan fingerprint density at radius 1 is 1.36 bits per heavy atom. The second-order valence-electron chi connectivity index (χ2n) is 2.76. The van der Waals surface area contributed by atoms with Gasteiger partial charge in [0.15, 0.2) is 0 Å². The molecule has 2 N–H and O–H groups in total. The minimum Gasteiger partial charge on any atom is -0.326 e. The fourth-order valence-electron chi connectivity index (χ4n) is 1.19. The van der Waals surface area contributed by atoms with Crippen LogP contribution in [-0.2, 0) is 6.54 Å². The summed E-state index contributed by atoms with van der Waals surface area (Å²) >= 11 is 3.49. The van der Waals surface area contributed by atoms with Gasteiger partial charge >= 0.3 is 0 Å². The van der Waals surface area contributed by atoms with Gasteiger partial charge in [-0.1, -0.05) is 33.6 Å². The molecule has 1 aromatic carbocycles. The van der Waals surface area contributed by atoms with Crippen molar-refractivity contribution in [3.63, 3.8) is 0 Å². The van der Waals surface area contributed by atoms with Gasteiger partial charge in [0.25, 0.3) is 0 Å². The topological polar surface area (TPSA) is 26.0 Å². The molecule has 0 spiro atoms. The smallest absolute Gasteiger partial charge is 0.0249 e. The first-order chi connectivity index (χ1) is 5.15. The van der Waals surface area contributed by atoms with Crippen molar-refractivity contribution < 1.29 is 0 Å². The fraction of sp³-hybridized carbons (Fsp3) is 0.333. The summed E-state index contributed by atoms with van der Waals surface area (Å²) in [5.41, 5.74) is 9.27. The van der Waals surface area contributed by atoms with Crippen LogP contribution in [0, 0.1) is 13.8 Å². The van der Waals surface area contributed by atoms with Gasteiger partial charge in [0.2, 0.25) is 0 Å². The van der Waals surface area contributed by atoms with Gasteiger partial charge in [-0.15, -0.1) is 0 Å². The summed E-state index contributed by atoms with van der Waals surface area (Å²) in [6.07, 6.45) is 0. The van der Waals surface area contributed by atoms with Crippen LogP contribution in [0.4, 0.5) is 0 Å². The molecule has 1 nitrogen and oxygen atoms in total. The SMILES string of the molecule is Cc1cc(C)c(Br)c(CN)c1. The van der Waals surface area contributed by atoms with Crippen molar-refractivity contribution >= 4 is 15.9 Å². The van der Waals surface area contributed by atoms with Gasteiger partial charge in [-0.05, 0) is 25.0 Å². The highest BCUT2D eigenvalue weighted by atomic mass is 79.9. The molecule has 0 heterocycles. The minimum absolute atomic E-state index is 0.600. The summed E-state index contributed by atoms with van der Waals surface area (Å²) in [7, 11) is 0. The van der Waals surface area contributed by atoms with E-state index in [1.165, 1.54) is 16.7 Å². The monoisotopic (exact) mass is 213 g/mol. The van der Waals surface area contributed by atoms with E-state index in [4.69, 9.17) is 5.73 Å². The summed E-state index contributed by atoms with van der Waals surface area (Å²) in [5.74, 6) is 0. The van der Waals surface area contributed by atoms with Crippen molar-refractivity contribution in [3.05, 3.63) is 33.3 Å². The standard InChI is InChI=1S/C9H12BrN/c1-6-3-7(2)9(10)8(4-6)5-11/h3-4H,5,11H2,1-2H3. The zero-order valence-electron chi connectivity index (χ0n) is 6.82. The maximum absolute atomic E-state index is 5.56. The van der Waals surface area contributed by atoms with Gasteiger partial charge in [0.05, 0.1) is 0 Å². The number of aryl methyl sites for hydroxylation is 2. The Morgan fingerprint density at radius 3 is 2.55 bits per heavy atom. The zero-order valence-corrected chi connectivity index (χ0v) is 8.40. The van der Waals surface area contributed by atoms with Crippen LogP contribution in [0.2, 0.25) is 0 Å². The maximum atomic E-state index is 5.56. The lowest BCUT2D eigenvalue weighted by Crippen LogP contribution is -1.99. The molecule has 0 fully saturated rings. The highest BCUT2D eigenvalue weighted by Crippen LogP contribution is 2.22. The van der Waals surface area contributed by atoms with E-state index in [9.17, 15) is 0 Å². The van der Waals surface area contributed by atoms with Gasteiger partial charge in [0, 0.05) is 11.0 Å². The number of rotatable bonds is 1. The summed E-state index contributed by atoms with van der Waals surface area (Å²) in [5, 5.41) is 0. The number of hydrogen-bond donors (Lipinski definition) is 1. The van der Waals surface area contributed by atoms with Gasteiger partial charge < -0.3 is 5.73 Å². The lowest BCUT2D eigenvalue weighted by molar-refractivity contribution is 1.05. The Morgan fingerprint density at radius 2 is 2.00 bits per heavy atom. The van der Waals surface area contributed by atoms with E-state index in [-0.39, 0.29) is 0 Å². The molecule has 0 aliphatic heterocycles. The summed E-state index contributed by atoms with van der Waals surface area (Å²) < 4.78 is 1.14. The van der Waals surface area contributed by atoms with Crippen molar-refractivity contribution in [1.82, 2.24) is 0 Å². The van der Waals surface area contributed by atoms with Crippen LogP contribution in [0.25, 0.3) is 0 Å². The third-order valence-corrected chi connectivity index (χ3v) is 2.83. The van der Waals surface area contributed by atoms with Crippen LogP contribution < -0.4 is 5.73 Å². The van der Waals surface area contributed by atoms with Crippen LogP contribution >= 0.6 is 15.9 Å². The third-order valence-electron chi connectivity index (χ3n) is 1.69. The molecule has 0 aliphatic rings. The lowest BCUT2D eigenvalue weighted by Gasteiger charge is -2.05. The van der Waals surface area contributed by atoms with Crippen LogP contribution in [0.3, 0.4) is 0 Å². The highest BCUT2D eigenvalue weighted by molar-refractivity contribution is 9.10. The predicted molar refractivity (Wildman–Crippen MR) is 51.5 cm³/mol. The van der Waals surface area contributed by atoms with E-state index in [2.05, 4.69) is 41.9 Å². The molecule has 2 heteroatoms. The molecular formula is C9H12BrN. The number of hydrogen-bond acceptors (Lipinski definition) is 1. The van der Waals surface area contributed by atoms with E-state index in [0.717, 1.165) is 4.47 Å². The molecule has 0 saturated carbocycles. The third kappa shape index (κ3) is 1.82. The fourth-order valence-corrected chi connectivity index (χ4v) is 1.58. The van der Waals surface area contributed by atoms with Crippen LogP contribution in [0.5, 0.6) is 0 Å². The zero-order chi connectivity index (χ0) is 8.43. The van der Waals surface area contributed by atoms with Crippen LogP contribution in [0.1, 0.15) is 16.7 Å².